The van der Waals surface area contributed by atoms with E-state index in [0.29, 0.717) is 31.4 Å². The van der Waals surface area contributed by atoms with Crippen LogP contribution < -0.4 is 0 Å². The lowest BCUT2D eigenvalue weighted by atomic mass is 9.67. The Labute approximate surface area is 260 Å². The number of fused-ring (bicyclic) bond motifs is 4. The number of hydrogen-bond acceptors (Lipinski definition) is 6. The van der Waals surface area contributed by atoms with Gasteiger partial charge in [0.1, 0.15) is 0 Å². The molecule has 1 saturated carbocycles. The third-order valence-electron chi connectivity index (χ3n) is 10.4. The van der Waals surface area contributed by atoms with Crippen LogP contribution in [0, 0.1) is 17.8 Å². The molecule has 1 spiro atoms. The van der Waals surface area contributed by atoms with Crippen molar-refractivity contribution in [1.29, 1.82) is 0 Å². The summed E-state index contributed by atoms with van der Waals surface area (Å²) < 4.78 is 17.7. The van der Waals surface area contributed by atoms with Gasteiger partial charge in [-0.3, -0.25) is 9.59 Å². The van der Waals surface area contributed by atoms with Gasteiger partial charge >= 0.3 is 5.97 Å². The first-order chi connectivity index (χ1) is 20.8. The van der Waals surface area contributed by atoms with Crippen molar-refractivity contribution in [3.63, 3.8) is 0 Å². The number of benzene rings is 1. The van der Waals surface area contributed by atoms with Crippen LogP contribution in [0.4, 0.5) is 0 Å². The SMILES string of the molecule is COC(=O)[C@H]1CC(=O)N(C)CCC2=C\[C@@H](OC)[C@@H]3CC[C@H]3CN3C[C@@]4(CCCc5cc(Cl)ccc54)COC=CC=C1\C=C\23. The zero-order valence-corrected chi connectivity index (χ0v) is 26.3. The highest BCUT2D eigenvalue weighted by molar-refractivity contribution is 6.30. The monoisotopic (exact) mass is 606 g/mol. The lowest BCUT2D eigenvalue weighted by molar-refractivity contribution is -0.147. The Kier molecular flexibility index (Phi) is 8.74. The molecule has 5 atom stereocenters. The van der Waals surface area contributed by atoms with E-state index in [1.165, 1.54) is 24.7 Å². The number of carbonyl (C=O) groups is 2. The van der Waals surface area contributed by atoms with Gasteiger partial charge in [-0.2, -0.15) is 0 Å². The topological polar surface area (TPSA) is 68.3 Å². The van der Waals surface area contributed by atoms with Crippen molar-refractivity contribution in [2.75, 3.05) is 47.5 Å². The molecule has 0 saturated heterocycles. The summed E-state index contributed by atoms with van der Waals surface area (Å²) in [5.41, 5.74) is 5.38. The van der Waals surface area contributed by atoms with Crippen molar-refractivity contribution in [2.24, 2.45) is 17.8 Å². The maximum absolute atomic E-state index is 13.3. The molecule has 8 heteroatoms. The second kappa shape index (κ2) is 12.5. The van der Waals surface area contributed by atoms with E-state index in [2.05, 4.69) is 29.2 Å². The minimum Gasteiger partial charge on any atom is -0.500 e. The molecule has 6 rings (SSSR count). The Morgan fingerprint density at radius 1 is 1.19 bits per heavy atom. The number of esters is 1. The molecule has 1 aromatic carbocycles. The standard InChI is InChI=1S/C35H43ClN2O5/c1-37-14-12-25-18-32(41-2)28-10-8-26(28)20-38-21-35(13-4-6-24-16-27(36)9-11-30(24)35)22-43-15-5-7-23(17-31(25)38)29(19-33(37)39)34(40)42-3/h5,7,9,11,15-18,26,28-29,32H,4,6,8,10,12-14,19-22H2,1-3H3/b15-5?,23-7?,25-18+,31-17-/t26-,28+,29-,32+,35-/m0/s1. The van der Waals surface area contributed by atoms with Crippen LogP contribution in [0.15, 0.2) is 65.6 Å². The fourth-order valence-electron chi connectivity index (χ4n) is 7.86. The van der Waals surface area contributed by atoms with E-state index >= 15 is 0 Å². The van der Waals surface area contributed by atoms with Crippen molar-refractivity contribution in [3.05, 3.63) is 81.8 Å². The number of amides is 1. The van der Waals surface area contributed by atoms with Crippen molar-refractivity contribution < 1.29 is 23.8 Å². The molecule has 3 aliphatic heterocycles. The number of halogens is 1. The molecule has 230 valence electrons. The fraction of sp³-hybridized carbons (Fsp3) is 0.543. The Morgan fingerprint density at radius 3 is 2.81 bits per heavy atom. The van der Waals surface area contributed by atoms with Gasteiger partial charge in [-0.15, -0.1) is 0 Å². The summed E-state index contributed by atoms with van der Waals surface area (Å²) in [6, 6.07) is 6.34. The Bertz CT molecular complexity index is 1380. The average Bonchev–Trinajstić information content (AvgIpc) is 3.01. The molecule has 2 aliphatic carbocycles. The van der Waals surface area contributed by atoms with Crippen LogP contribution in [0.2, 0.25) is 5.02 Å². The summed E-state index contributed by atoms with van der Waals surface area (Å²) in [7, 11) is 5.01. The molecular weight excluding hydrogens is 564 g/mol. The van der Waals surface area contributed by atoms with Gasteiger partial charge in [0, 0.05) is 56.3 Å². The molecular formula is C35H43ClN2O5. The molecule has 0 radical (unpaired) electrons. The minimum absolute atomic E-state index is 0.0116. The van der Waals surface area contributed by atoms with Crippen LogP contribution in [-0.4, -0.2) is 75.3 Å². The molecule has 0 N–H and O–H groups in total. The smallest absolute Gasteiger partial charge is 0.313 e. The zero-order valence-electron chi connectivity index (χ0n) is 25.5. The van der Waals surface area contributed by atoms with Gasteiger partial charge in [-0.25, -0.2) is 0 Å². The molecule has 1 fully saturated rings. The second-order valence-electron chi connectivity index (χ2n) is 12.9. The number of allylic oxidation sites excluding steroid dienone is 4. The van der Waals surface area contributed by atoms with Gasteiger partial charge in [0.2, 0.25) is 5.91 Å². The lowest BCUT2D eigenvalue weighted by Gasteiger charge is -2.49. The average molecular weight is 607 g/mol. The summed E-state index contributed by atoms with van der Waals surface area (Å²) in [6.07, 6.45) is 16.1. The number of ether oxygens (including phenoxy) is 3. The van der Waals surface area contributed by atoms with Gasteiger partial charge in [0.15, 0.2) is 0 Å². The van der Waals surface area contributed by atoms with Gasteiger partial charge in [0.05, 0.1) is 32.0 Å². The molecule has 7 nitrogen and oxygen atoms in total. The molecule has 43 heavy (non-hydrogen) atoms. The van der Waals surface area contributed by atoms with Crippen LogP contribution in [-0.2, 0) is 35.6 Å². The van der Waals surface area contributed by atoms with Crippen LogP contribution in [0.3, 0.4) is 0 Å². The van der Waals surface area contributed by atoms with E-state index in [-0.39, 0.29) is 23.8 Å². The first-order valence-corrected chi connectivity index (χ1v) is 16.0. The molecule has 3 heterocycles. The number of aryl methyl sites for hydroxylation is 1. The third-order valence-corrected chi connectivity index (χ3v) is 10.7. The summed E-state index contributed by atoms with van der Waals surface area (Å²) in [5, 5.41) is 0.768. The summed E-state index contributed by atoms with van der Waals surface area (Å²) in [5.74, 6) is -0.269. The Hall–Kier alpha value is -3.03. The second-order valence-corrected chi connectivity index (χ2v) is 13.3. The quantitative estimate of drug-likeness (QED) is 0.409. The predicted molar refractivity (Wildman–Crippen MR) is 166 cm³/mol. The number of methoxy groups -OCH3 is 2. The van der Waals surface area contributed by atoms with Gasteiger partial charge < -0.3 is 24.0 Å². The molecule has 1 amide bonds. The number of carbonyl (C=O) groups excluding carboxylic acids is 2. The molecule has 0 aromatic heterocycles. The normalized spacial score (nSPS) is 33.4. The summed E-state index contributed by atoms with van der Waals surface area (Å²) >= 11 is 6.48. The molecule has 2 bridgehead atoms. The van der Waals surface area contributed by atoms with Gasteiger partial charge in [-0.05, 0) is 96.9 Å². The van der Waals surface area contributed by atoms with Crippen molar-refractivity contribution in [1.82, 2.24) is 9.80 Å². The molecule has 1 aromatic rings. The van der Waals surface area contributed by atoms with Crippen LogP contribution >= 0.6 is 11.6 Å². The number of hydrogen-bond donors (Lipinski definition) is 0. The lowest BCUT2D eigenvalue weighted by Crippen LogP contribution is -2.51. The van der Waals surface area contributed by atoms with E-state index in [9.17, 15) is 9.59 Å². The maximum Gasteiger partial charge on any atom is 0.313 e. The van der Waals surface area contributed by atoms with E-state index in [4.69, 9.17) is 25.8 Å². The van der Waals surface area contributed by atoms with Crippen LogP contribution in [0.1, 0.15) is 49.7 Å². The minimum atomic E-state index is -0.731. The van der Waals surface area contributed by atoms with E-state index < -0.39 is 11.9 Å². The van der Waals surface area contributed by atoms with Crippen molar-refractivity contribution >= 4 is 23.5 Å². The first-order valence-electron chi connectivity index (χ1n) is 15.6. The highest BCUT2D eigenvalue weighted by atomic mass is 35.5. The highest BCUT2D eigenvalue weighted by Crippen LogP contribution is 2.46. The van der Waals surface area contributed by atoms with E-state index in [0.717, 1.165) is 60.6 Å². The van der Waals surface area contributed by atoms with Crippen LogP contribution in [0.25, 0.3) is 0 Å². The summed E-state index contributed by atoms with van der Waals surface area (Å²) in [4.78, 5) is 30.8. The Morgan fingerprint density at radius 2 is 2.05 bits per heavy atom. The first kappa shape index (κ1) is 30.0. The van der Waals surface area contributed by atoms with Crippen LogP contribution in [0.5, 0.6) is 0 Å². The van der Waals surface area contributed by atoms with Gasteiger partial charge in [-0.1, -0.05) is 29.8 Å². The largest absolute Gasteiger partial charge is 0.500 e. The maximum atomic E-state index is 13.3. The highest BCUT2D eigenvalue weighted by Gasteiger charge is 2.44. The fourth-order valence-corrected chi connectivity index (χ4v) is 8.05. The van der Waals surface area contributed by atoms with Gasteiger partial charge in [0.25, 0.3) is 0 Å². The summed E-state index contributed by atoms with van der Waals surface area (Å²) in [6.45, 7) is 2.78. The number of nitrogens with zero attached hydrogens (tertiary/aromatic N) is 2. The number of rotatable bonds is 2. The zero-order chi connectivity index (χ0) is 30.1. The Balaban J connectivity index is 1.55. The third kappa shape index (κ3) is 5.91. The predicted octanol–water partition coefficient (Wildman–Crippen LogP) is 5.59. The molecule has 5 aliphatic rings. The molecule has 0 unspecified atom stereocenters. The van der Waals surface area contributed by atoms with Crippen molar-refractivity contribution in [2.45, 2.75) is 56.5 Å². The van der Waals surface area contributed by atoms with Crippen molar-refractivity contribution in [3.8, 4) is 0 Å². The van der Waals surface area contributed by atoms with E-state index in [1.54, 1.807) is 18.3 Å². The van der Waals surface area contributed by atoms with E-state index in [1.807, 2.05) is 25.3 Å².